The molecule has 26 heavy (non-hydrogen) atoms. The van der Waals surface area contributed by atoms with Crippen molar-refractivity contribution in [3.8, 4) is 5.75 Å². The van der Waals surface area contributed by atoms with Gasteiger partial charge in [-0.15, -0.1) is 0 Å². The molecule has 1 fully saturated rings. The molecule has 1 saturated heterocycles. The summed E-state index contributed by atoms with van der Waals surface area (Å²) in [6.45, 7) is 2.49. The molecule has 2 heterocycles. The van der Waals surface area contributed by atoms with Crippen LogP contribution in [0.1, 0.15) is 37.4 Å². The molecule has 0 unspecified atom stereocenters. The fraction of sp³-hybridized carbons (Fsp3) is 0.500. The van der Waals surface area contributed by atoms with E-state index < -0.39 is 5.60 Å². The molecule has 1 aromatic heterocycles. The molecule has 1 aromatic carbocycles. The third-order valence-corrected chi connectivity index (χ3v) is 5.41. The van der Waals surface area contributed by atoms with Crippen molar-refractivity contribution in [2.45, 2.75) is 44.2 Å². The number of aryl methyl sites for hydroxylation is 2. The number of ether oxygens (including phenoxy) is 1. The fourth-order valence-corrected chi connectivity index (χ4v) is 3.77. The average molecular weight is 357 g/mol. The summed E-state index contributed by atoms with van der Waals surface area (Å²) < 4.78 is 7.12. The Morgan fingerprint density at radius 3 is 2.73 bits per heavy atom. The van der Waals surface area contributed by atoms with Crippen LogP contribution < -0.4 is 4.74 Å². The van der Waals surface area contributed by atoms with Gasteiger partial charge in [0.25, 0.3) is 0 Å². The largest absolute Gasteiger partial charge is 0.497 e. The predicted octanol–water partition coefficient (Wildman–Crippen LogP) is 2.26. The van der Waals surface area contributed by atoms with Gasteiger partial charge in [0.2, 0.25) is 5.91 Å². The Labute approximate surface area is 154 Å². The molecular weight excluding hydrogens is 330 g/mol. The van der Waals surface area contributed by atoms with Gasteiger partial charge in [0.1, 0.15) is 11.4 Å². The summed E-state index contributed by atoms with van der Waals surface area (Å²) in [5.74, 6) is 0.836. The van der Waals surface area contributed by atoms with Gasteiger partial charge in [-0.05, 0) is 43.9 Å². The van der Waals surface area contributed by atoms with E-state index in [4.69, 9.17) is 4.74 Å². The zero-order valence-electron chi connectivity index (χ0n) is 15.7. The first-order valence-electron chi connectivity index (χ1n) is 9.05. The SMILES string of the molecule is COc1ccc([C@](C)(O)[C@H]2CCCN2C(=O)CCc2cncn2C)cc1. The van der Waals surface area contributed by atoms with Crippen LogP contribution >= 0.6 is 0 Å². The topological polar surface area (TPSA) is 67.6 Å². The van der Waals surface area contributed by atoms with Crippen LogP contribution in [0, 0.1) is 0 Å². The molecule has 0 radical (unpaired) electrons. The lowest BCUT2D eigenvalue weighted by molar-refractivity contribution is -0.137. The summed E-state index contributed by atoms with van der Waals surface area (Å²) in [5, 5.41) is 11.2. The van der Waals surface area contributed by atoms with Gasteiger partial charge in [0.15, 0.2) is 0 Å². The second-order valence-corrected chi connectivity index (χ2v) is 7.12. The highest BCUT2D eigenvalue weighted by Crippen LogP contribution is 2.35. The van der Waals surface area contributed by atoms with Crippen LogP contribution in [0.4, 0.5) is 0 Å². The molecule has 0 saturated carbocycles. The minimum Gasteiger partial charge on any atom is -0.497 e. The molecule has 1 N–H and O–H groups in total. The van der Waals surface area contributed by atoms with Crippen LogP contribution in [0.5, 0.6) is 5.75 Å². The maximum atomic E-state index is 12.8. The summed E-state index contributed by atoms with van der Waals surface area (Å²) >= 11 is 0. The first kappa shape index (κ1) is 18.5. The van der Waals surface area contributed by atoms with E-state index in [1.54, 1.807) is 26.6 Å². The van der Waals surface area contributed by atoms with Crippen molar-refractivity contribution in [2.24, 2.45) is 7.05 Å². The highest BCUT2D eigenvalue weighted by Gasteiger charge is 2.42. The fourth-order valence-electron chi connectivity index (χ4n) is 3.77. The minimum atomic E-state index is -1.09. The Bertz CT molecular complexity index is 752. The quantitative estimate of drug-likeness (QED) is 0.861. The molecule has 1 aliphatic rings. The Hall–Kier alpha value is -2.34. The van der Waals surface area contributed by atoms with Crippen molar-refractivity contribution in [3.05, 3.63) is 48.0 Å². The van der Waals surface area contributed by atoms with Gasteiger partial charge in [-0.2, -0.15) is 0 Å². The van der Waals surface area contributed by atoms with E-state index in [0.717, 1.165) is 29.8 Å². The molecule has 6 nitrogen and oxygen atoms in total. The van der Waals surface area contributed by atoms with Crippen LogP contribution in [0.3, 0.4) is 0 Å². The number of carbonyl (C=O) groups is 1. The third kappa shape index (κ3) is 3.60. The van der Waals surface area contributed by atoms with Crippen LogP contribution in [0.2, 0.25) is 0 Å². The molecule has 6 heteroatoms. The summed E-state index contributed by atoms with van der Waals surface area (Å²) in [7, 11) is 3.55. The van der Waals surface area contributed by atoms with Crippen molar-refractivity contribution in [2.75, 3.05) is 13.7 Å². The van der Waals surface area contributed by atoms with Gasteiger partial charge < -0.3 is 19.3 Å². The second kappa shape index (κ2) is 7.50. The van der Waals surface area contributed by atoms with Crippen LogP contribution in [-0.4, -0.2) is 45.2 Å². The van der Waals surface area contributed by atoms with E-state index in [9.17, 15) is 9.90 Å². The van der Waals surface area contributed by atoms with Crippen molar-refractivity contribution in [1.29, 1.82) is 0 Å². The number of methoxy groups -OCH3 is 1. The number of amides is 1. The van der Waals surface area contributed by atoms with E-state index in [2.05, 4.69) is 4.98 Å². The maximum Gasteiger partial charge on any atom is 0.223 e. The van der Waals surface area contributed by atoms with Crippen LogP contribution in [0.25, 0.3) is 0 Å². The molecule has 0 bridgehead atoms. The Kier molecular flexibility index (Phi) is 5.32. The highest BCUT2D eigenvalue weighted by molar-refractivity contribution is 5.77. The molecule has 140 valence electrons. The first-order chi connectivity index (χ1) is 12.4. The van der Waals surface area contributed by atoms with Gasteiger partial charge in [0.05, 0.1) is 19.5 Å². The minimum absolute atomic E-state index is 0.0856. The molecule has 3 rings (SSSR count). The van der Waals surface area contributed by atoms with Crippen molar-refractivity contribution in [1.82, 2.24) is 14.5 Å². The molecule has 2 atom stereocenters. The second-order valence-electron chi connectivity index (χ2n) is 7.12. The molecular formula is C20H27N3O3. The number of rotatable bonds is 6. The van der Waals surface area contributed by atoms with Gasteiger partial charge in [-0.1, -0.05) is 12.1 Å². The van der Waals surface area contributed by atoms with Gasteiger partial charge in [-0.3, -0.25) is 4.79 Å². The van der Waals surface area contributed by atoms with Gasteiger partial charge in [-0.25, -0.2) is 4.98 Å². The lowest BCUT2D eigenvalue weighted by Gasteiger charge is -2.37. The van der Waals surface area contributed by atoms with E-state index in [-0.39, 0.29) is 11.9 Å². The Morgan fingerprint density at radius 1 is 1.38 bits per heavy atom. The lowest BCUT2D eigenvalue weighted by Crippen LogP contribution is -2.48. The Balaban J connectivity index is 1.71. The molecule has 0 spiro atoms. The highest BCUT2D eigenvalue weighted by atomic mass is 16.5. The lowest BCUT2D eigenvalue weighted by atomic mass is 9.86. The van der Waals surface area contributed by atoms with E-state index >= 15 is 0 Å². The third-order valence-electron chi connectivity index (χ3n) is 5.41. The van der Waals surface area contributed by atoms with E-state index in [1.165, 1.54) is 0 Å². The zero-order valence-corrected chi connectivity index (χ0v) is 15.7. The van der Waals surface area contributed by atoms with Gasteiger partial charge >= 0.3 is 0 Å². The summed E-state index contributed by atoms with van der Waals surface area (Å²) in [6, 6.07) is 7.21. The number of likely N-dealkylation sites (tertiary alicyclic amines) is 1. The number of imidazole rings is 1. The van der Waals surface area contributed by atoms with Crippen molar-refractivity contribution in [3.63, 3.8) is 0 Å². The molecule has 1 amide bonds. The van der Waals surface area contributed by atoms with E-state index in [1.807, 2.05) is 40.8 Å². The number of hydrogen-bond acceptors (Lipinski definition) is 4. The van der Waals surface area contributed by atoms with Crippen molar-refractivity contribution >= 4 is 5.91 Å². The zero-order chi connectivity index (χ0) is 18.7. The van der Waals surface area contributed by atoms with Crippen LogP contribution in [0.15, 0.2) is 36.8 Å². The van der Waals surface area contributed by atoms with Gasteiger partial charge in [0, 0.05) is 31.9 Å². The smallest absolute Gasteiger partial charge is 0.223 e. The normalized spacial score (nSPS) is 19.4. The average Bonchev–Trinajstić information content (AvgIpc) is 3.29. The molecule has 0 aliphatic carbocycles. The number of benzene rings is 1. The monoisotopic (exact) mass is 357 g/mol. The summed E-state index contributed by atoms with van der Waals surface area (Å²) in [4.78, 5) is 18.7. The van der Waals surface area contributed by atoms with E-state index in [0.29, 0.717) is 19.4 Å². The van der Waals surface area contributed by atoms with Crippen LogP contribution in [-0.2, 0) is 23.9 Å². The number of hydrogen-bond donors (Lipinski definition) is 1. The first-order valence-corrected chi connectivity index (χ1v) is 9.05. The number of aliphatic hydroxyl groups is 1. The van der Waals surface area contributed by atoms with Crippen molar-refractivity contribution < 1.29 is 14.6 Å². The molecule has 2 aromatic rings. The maximum absolute atomic E-state index is 12.8. The number of nitrogens with zero attached hydrogens (tertiary/aromatic N) is 3. The predicted molar refractivity (Wildman–Crippen MR) is 98.8 cm³/mol. The number of carbonyl (C=O) groups excluding carboxylic acids is 1. The number of aromatic nitrogens is 2. The summed E-state index contributed by atoms with van der Waals surface area (Å²) in [6.07, 6.45) is 6.33. The summed E-state index contributed by atoms with van der Waals surface area (Å²) in [5.41, 5.74) is 0.746. The Morgan fingerprint density at radius 2 is 2.12 bits per heavy atom. The standard InChI is InChI=1S/C20H27N3O3/c1-20(25,15-6-9-17(26-3)10-7-15)18-5-4-12-23(18)19(24)11-8-16-13-21-14-22(16)2/h6-7,9-10,13-14,18,25H,4-5,8,11-12H2,1-3H3/t18-,20+/m1/s1. The molecule has 1 aliphatic heterocycles.